The van der Waals surface area contributed by atoms with Crippen molar-refractivity contribution in [3.05, 3.63) is 29.6 Å². The van der Waals surface area contributed by atoms with Gasteiger partial charge in [-0.15, -0.1) is 0 Å². The summed E-state index contributed by atoms with van der Waals surface area (Å²) >= 11 is 0. The number of pyridine rings is 1. The van der Waals surface area contributed by atoms with Gasteiger partial charge in [0, 0.05) is 38.1 Å². The summed E-state index contributed by atoms with van der Waals surface area (Å²) in [5, 5.41) is 5.59. The van der Waals surface area contributed by atoms with Gasteiger partial charge in [0.25, 0.3) is 0 Å². The van der Waals surface area contributed by atoms with Crippen molar-refractivity contribution in [1.29, 1.82) is 0 Å². The van der Waals surface area contributed by atoms with E-state index in [1.807, 2.05) is 30.9 Å². The van der Waals surface area contributed by atoms with Crippen LogP contribution in [-0.2, 0) is 11.2 Å². The molecule has 1 aromatic rings. The topological polar surface area (TPSA) is 74.3 Å². The quantitative estimate of drug-likeness (QED) is 0.700. The lowest BCUT2D eigenvalue weighted by Crippen LogP contribution is -2.39. The molecule has 1 aliphatic heterocycles. The van der Waals surface area contributed by atoms with Gasteiger partial charge in [-0.2, -0.15) is 0 Å². The van der Waals surface area contributed by atoms with E-state index in [-0.39, 0.29) is 11.9 Å². The largest absolute Gasteiger partial charge is 0.342 e. The molecule has 1 aromatic heterocycles. The molecule has 26 heavy (non-hydrogen) atoms. The third kappa shape index (κ3) is 6.65. The number of piperidine rings is 1. The minimum absolute atomic E-state index is 0.0804. The van der Waals surface area contributed by atoms with Crippen molar-refractivity contribution in [2.24, 2.45) is 5.92 Å². The van der Waals surface area contributed by atoms with Crippen molar-refractivity contribution in [3.8, 4) is 0 Å². The van der Waals surface area contributed by atoms with Crippen LogP contribution in [0.3, 0.4) is 0 Å². The zero-order valence-corrected chi connectivity index (χ0v) is 16.1. The van der Waals surface area contributed by atoms with E-state index in [0.29, 0.717) is 18.9 Å². The number of hydrogen-bond donors (Lipinski definition) is 2. The van der Waals surface area contributed by atoms with E-state index in [2.05, 4.69) is 15.6 Å². The summed E-state index contributed by atoms with van der Waals surface area (Å²) in [5.74, 6) is 0.911. The molecular formula is C20H32N4O2. The highest BCUT2D eigenvalue weighted by molar-refractivity contribution is 5.79. The predicted molar refractivity (Wildman–Crippen MR) is 103 cm³/mol. The Kier molecular flexibility index (Phi) is 8.38. The number of likely N-dealkylation sites (tertiary alicyclic amines) is 1. The Labute approximate surface area is 156 Å². The molecule has 2 heterocycles. The van der Waals surface area contributed by atoms with Crippen LogP contribution in [0.2, 0.25) is 0 Å². The van der Waals surface area contributed by atoms with Gasteiger partial charge in [0.2, 0.25) is 5.91 Å². The first-order valence-corrected chi connectivity index (χ1v) is 9.80. The lowest BCUT2D eigenvalue weighted by molar-refractivity contribution is -0.131. The number of urea groups is 1. The second-order valence-corrected chi connectivity index (χ2v) is 7.03. The minimum atomic E-state index is -0.0804. The molecule has 1 fully saturated rings. The van der Waals surface area contributed by atoms with Gasteiger partial charge in [0.15, 0.2) is 0 Å². The van der Waals surface area contributed by atoms with E-state index in [4.69, 9.17) is 0 Å². The molecule has 144 valence electrons. The molecule has 2 N–H and O–H groups in total. The van der Waals surface area contributed by atoms with Crippen LogP contribution >= 0.6 is 0 Å². The molecule has 0 aliphatic carbocycles. The van der Waals surface area contributed by atoms with Gasteiger partial charge in [-0.25, -0.2) is 4.79 Å². The lowest BCUT2D eigenvalue weighted by Gasteiger charge is -2.32. The number of nitrogens with zero attached hydrogens (tertiary/aromatic N) is 2. The third-order valence-electron chi connectivity index (χ3n) is 5.09. The van der Waals surface area contributed by atoms with Crippen molar-refractivity contribution < 1.29 is 9.59 Å². The van der Waals surface area contributed by atoms with E-state index in [0.717, 1.165) is 56.6 Å². The number of rotatable bonds is 8. The highest BCUT2D eigenvalue weighted by Gasteiger charge is 2.22. The third-order valence-corrected chi connectivity index (χ3v) is 5.09. The molecular weight excluding hydrogens is 328 g/mol. The number of amides is 3. The van der Waals surface area contributed by atoms with Gasteiger partial charge >= 0.3 is 6.03 Å². The molecule has 1 aliphatic rings. The number of aromatic nitrogens is 1. The molecule has 0 spiro atoms. The van der Waals surface area contributed by atoms with Crippen molar-refractivity contribution in [1.82, 2.24) is 20.5 Å². The van der Waals surface area contributed by atoms with Crippen LogP contribution in [0.4, 0.5) is 4.79 Å². The second kappa shape index (κ2) is 10.8. The Hall–Kier alpha value is -2.11. The normalized spacial score (nSPS) is 14.9. The first-order chi connectivity index (χ1) is 12.6. The Morgan fingerprint density at radius 3 is 2.69 bits per heavy atom. The van der Waals surface area contributed by atoms with Gasteiger partial charge in [0.1, 0.15) is 0 Å². The zero-order chi connectivity index (χ0) is 18.8. The molecule has 6 nitrogen and oxygen atoms in total. The summed E-state index contributed by atoms with van der Waals surface area (Å²) < 4.78 is 0. The van der Waals surface area contributed by atoms with Gasteiger partial charge in [-0.05, 0) is 50.7 Å². The molecule has 0 atom stereocenters. The Bertz CT molecular complexity index is 583. The summed E-state index contributed by atoms with van der Waals surface area (Å²) in [4.78, 5) is 30.0. The fourth-order valence-corrected chi connectivity index (χ4v) is 3.43. The zero-order valence-electron chi connectivity index (χ0n) is 16.1. The van der Waals surface area contributed by atoms with E-state index in [1.54, 1.807) is 6.20 Å². The molecule has 0 saturated carbocycles. The van der Waals surface area contributed by atoms with Crippen LogP contribution in [-0.4, -0.2) is 48.0 Å². The first-order valence-electron chi connectivity index (χ1n) is 9.80. The Balaban J connectivity index is 1.60. The average Bonchev–Trinajstić information content (AvgIpc) is 2.64. The summed E-state index contributed by atoms with van der Waals surface area (Å²) in [5.41, 5.74) is 1.97. The summed E-state index contributed by atoms with van der Waals surface area (Å²) in [6.07, 6.45) is 7.71. The standard InChI is InChI=1S/C20H32N4O2/c1-3-21-20(26)23-11-5-4-7-17-9-13-24(14-10-17)19(25)15-18-8-6-12-22-16(18)2/h6,8,12,17H,3-5,7,9-11,13-15H2,1-2H3,(H2,21,23,26). The summed E-state index contributed by atoms with van der Waals surface area (Å²) in [7, 11) is 0. The summed E-state index contributed by atoms with van der Waals surface area (Å²) in [6.45, 7) is 6.97. The Morgan fingerprint density at radius 1 is 1.23 bits per heavy atom. The van der Waals surface area contributed by atoms with Crippen molar-refractivity contribution in [3.63, 3.8) is 0 Å². The van der Waals surface area contributed by atoms with Crippen molar-refractivity contribution in [2.45, 2.75) is 52.4 Å². The Morgan fingerprint density at radius 2 is 2.00 bits per heavy atom. The predicted octanol–water partition coefficient (Wildman–Crippen LogP) is 2.66. The van der Waals surface area contributed by atoms with E-state index < -0.39 is 0 Å². The van der Waals surface area contributed by atoms with E-state index in [9.17, 15) is 9.59 Å². The SMILES string of the molecule is CCNC(=O)NCCCCC1CCN(C(=O)Cc2cccnc2C)CC1. The average molecular weight is 361 g/mol. The highest BCUT2D eigenvalue weighted by Crippen LogP contribution is 2.23. The monoisotopic (exact) mass is 360 g/mol. The van der Waals surface area contributed by atoms with Crippen LogP contribution < -0.4 is 10.6 Å². The molecule has 6 heteroatoms. The first kappa shape index (κ1) is 20.2. The maximum atomic E-state index is 12.5. The van der Waals surface area contributed by atoms with E-state index in [1.165, 1.54) is 6.42 Å². The van der Waals surface area contributed by atoms with Gasteiger partial charge in [-0.3, -0.25) is 9.78 Å². The highest BCUT2D eigenvalue weighted by atomic mass is 16.2. The van der Waals surface area contributed by atoms with Crippen LogP contribution in [0.5, 0.6) is 0 Å². The maximum Gasteiger partial charge on any atom is 0.314 e. The fraction of sp³-hybridized carbons (Fsp3) is 0.650. The van der Waals surface area contributed by atoms with Crippen LogP contribution in [0.25, 0.3) is 0 Å². The number of carbonyl (C=O) groups is 2. The van der Waals surface area contributed by atoms with Crippen LogP contribution in [0.1, 0.15) is 50.3 Å². The number of aryl methyl sites for hydroxylation is 1. The van der Waals surface area contributed by atoms with Gasteiger partial charge in [0.05, 0.1) is 6.42 Å². The van der Waals surface area contributed by atoms with Crippen molar-refractivity contribution in [2.75, 3.05) is 26.2 Å². The summed E-state index contributed by atoms with van der Waals surface area (Å²) in [6, 6.07) is 3.80. The molecule has 0 radical (unpaired) electrons. The van der Waals surface area contributed by atoms with E-state index >= 15 is 0 Å². The number of unbranched alkanes of at least 4 members (excludes halogenated alkanes) is 1. The number of nitrogens with one attached hydrogen (secondary N) is 2. The maximum absolute atomic E-state index is 12.5. The van der Waals surface area contributed by atoms with Crippen LogP contribution in [0.15, 0.2) is 18.3 Å². The minimum Gasteiger partial charge on any atom is -0.342 e. The molecule has 0 bridgehead atoms. The molecule has 1 saturated heterocycles. The molecule has 0 unspecified atom stereocenters. The number of hydrogen-bond acceptors (Lipinski definition) is 3. The second-order valence-electron chi connectivity index (χ2n) is 7.03. The van der Waals surface area contributed by atoms with Crippen LogP contribution in [0, 0.1) is 12.8 Å². The van der Waals surface area contributed by atoms with Crippen molar-refractivity contribution >= 4 is 11.9 Å². The molecule has 0 aromatic carbocycles. The van der Waals surface area contributed by atoms with Gasteiger partial charge in [-0.1, -0.05) is 18.9 Å². The molecule has 2 rings (SSSR count). The fourth-order valence-electron chi connectivity index (χ4n) is 3.43. The smallest absolute Gasteiger partial charge is 0.314 e. The number of carbonyl (C=O) groups excluding carboxylic acids is 2. The molecule has 3 amide bonds. The van der Waals surface area contributed by atoms with Gasteiger partial charge < -0.3 is 15.5 Å². The lowest BCUT2D eigenvalue weighted by atomic mass is 9.91.